The molecular weight excluding hydrogens is 470 g/mol. The van der Waals surface area contributed by atoms with Crippen molar-refractivity contribution in [3.63, 3.8) is 0 Å². The van der Waals surface area contributed by atoms with Crippen molar-refractivity contribution < 1.29 is 33.4 Å². The number of hydrogen-bond acceptors (Lipinski definition) is 10. The number of rotatable bonds is 9. The fraction of sp³-hybridized carbons (Fsp3) is 0.250. The molecule has 0 spiro atoms. The number of amides is 1. The monoisotopic (exact) mass is 490 g/mol. The number of nitrogens with zero attached hydrogens (tertiary/aromatic N) is 5. The number of halogens is 2. The van der Waals surface area contributed by atoms with Gasteiger partial charge in [-0.1, -0.05) is 0 Å². The Labute approximate surface area is 195 Å². The molecule has 1 atom stereocenters. The standard InChI is InChI=1S/C20H20F2N8O5/c1-30(8-10-7-25-15-13(26-10)14(23)28-19(24)29-15)11-4-2-9(3-5-11)16(31)27-12(17(32)33)6-20(21,22)18(34)35/h2-5,7,12H,6,8H2,1H3,(H,27,31)(H,32,33)(H,34,35)(H4,23,24,25,28,29)/t12-/m0/s1. The Morgan fingerprint density at radius 2 is 1.77 bits per heavy atom. The number of carbonyl (C=O) groups excluding carboxylic acids is 1. The van der Waals surface area contributed by atoms with Crippen molar-refractivity contribution in [1.82, 2.24) is 25.3 Å². The zero-order valence-corrected chi connectivity index (χ0v) is 18.1. The Morgan fingerprint density at radius 1 is 1.11 bits per heavy atom. The van der Waals surface area contributed by atoms with Crippen LogP contribution in [-0.2, 0) is 16.1 Å². The van der Waals surface area contributed by atoms with Gasteiger partial charge in [-0.3, -0.25) is 4.79 Å². The molecule has 0 unspecified atom stereocenters. The van der Waals surface area contributed by atoms with Gasteiger partial charge in [-0.2, -0.15) is 18.7 Å². The van der Waals surface area contributed by atoms with Crippen LogP contribution >= 0.6 is 0 Å². The number of carboxylic acid groups (broad SMARTS) is 2. The minimum Gasteiger partial charge on any atom is -0.480 e. The van der Waals surface area contributed by atoms with Crippen molar-refractivity contribution in [3.05, 3.63) is 41.7 Å². The number of aromatic nitrogens is 4. The first kappa shape index (κ1) is 24.9. The van der Waals surface area contributed by atoms with Crippen molar-refractivity contribution in [2.24, 2.45) is 0 Å². The van der Waals surface area contributed by atoms with Crippen LogP contribution in [0.15, 0.2) is 30.5 Å². The van der Waals surface area contributed by atoms with Crippen LogP contribution in [0.3, 0.4) is 0 Å². The summed E-state index contributed by atoms with van der Waals surface area (Å²) in [5.74, 6) is -9.49. The zero-order chi connectivity index (χ0) is 25.9. The maximum absolute atomic E-state index is 13.4. The molecule has 3 rings (SSSR count). The summed E-state index contributed by atoms with van der Waals surface area (Å²) in [6.45, 7) is 0.281. The van der Waals surface area contributed by atoms with Gasteiger partial charge in [0.05, 0.1) is 24.9 Å². The predicted molar refractivity (Wildman–Crippen MR) is 119 cm³/mol. The highest BCUT2D eigenvalue weighted by atomic mass is 19.3. The van der Waals surface area contributed by atoms with Crippen molar-refractivity contribution in [1.29, 1.82) is 0 Å². The number of anilines is 3. The van der Waals surface area contributed by atoms with Gasteiger partial charge < -0.3 is 31.9 Å². The van der Waals surface area contributed by atoms with Gasteiger partial charge in [0, 0.05) is 18.3 Å². The smallest absolute Gasteiger partial charge is 0.374 e. The molecule has 15 heteroatoms. The van der Waals surface area contributed by atoms with E-state index in [1.54, 1.807) is 24.1 Å². The molecular formula is C20H20F2N8O5. The summed E-state index contributed by atoms with van der Waals surface area (Å²) in [5, 5.41) is 19.5. The van der Waals surface area contributed by atoms with E-state index >= 15 is 0 Å². The number of fused-ring (bicyclic) bond motifs is 1. The molecule has 13 nitrogen and oxygen atoms in total. The lowest BCUT2D eigenvalue weighted by Crippen LogP contribution is -2.46. The largest absolute Gasteiger partial charge is 0.480 e. The van der Waals surface area contributed by atoms with E-state index in [4.69, 9.17) is 21.7 Å². The van der Waals surface area contributed by atoms with E-state index in [1.165, 1.54) is 18.3 Å². The summed E-state index contributed by atoms with van der Waals surface area (Å²) in [5.41, 5.74) is 13.1. The van der Waals surface area contributed by atoms with E-state index in [0.29, 0.717) is 16.9 Å². The number of nitrogens with two attached hydrogens (primary N) is 2. The Hall–Kier alpha value is -4.69. The Morgan fingerprint density at radius 3 is 2.37 bits per heavy atom. The number of carboxylic acids is 2. The summed E-state index contributed by atoms with van der Waals surface area (Å²) in [4.78, 5) is 52.3. The van der Waals surface area contributed by atoms with Gasteiger partial charge in [0.25, 0.3) is 5.91 Å². The Balaban J connectivity index is 1.69. The van der Waals surface area contributed by atoms with Crippen molar-refractivity contribution in [2.45, 2.75) is 24.9 Å². The molecule has 0 saturated carbocycles. The third-order valence-electron chi connectivity index (χ3n) is 4.85. The molecule has 0 aliphatic rings. The molecule has 0 radical (unpaired) electrons. The average molecular weight is 490 g/mol. The molecule has 35 heavy (non-hydrogen) atoms. The van der Waals surface area contributed by atoms with Gasteiger partial charge >= 0.3 is 17.9 Å². The Bertz CT molecular complexity index is 1290. The predicted octanol–water partition coefficient (Wildman–Crippen LogP) is 0.514. The van der Waals surface area contributed by atoms with Gasteiger partial charge in [0.15, 0.2) is 17.0 Å². The number of alkyl halides is 2. The van der Waals surface area contributed by atoms with E-state index in [9.17, 15) is 23.2 Å². The molecule has 184 valence electrons. The fourth-order valence-corrected chi connectivity index (χ4v) is 3.05. The fourth-order valence-electron chi connectivity index (χ4n) is 3.05. The van der Waals surface area contributed by atoms with E-state index in [0.717, 1.165) is 0 Å². The quantitative estimate of drug-likeness (QED) is 0.278. The molecule has 3 aromatic rings. The maximum atomic E-state index is 13.4. The van der Waals surface area contributed by atoms with Gasteiger partial charge in [-0.05, 0) is 24.3 Å². The summed E-state index contributed by atoms with van der Waals surface area (Å²) in [6, 6.07) is 3.70. The molecule has 0 saturated heterocycles. The van der Waals surface area contributed by atoms with Gasteiger partial charge in [0.2, 0.25) is 5.95 Å². The van der Waals surface area contributed by atoms with E-state index in [1.807, 2.05) is 5.32 Å². The third-order valence-corrected chi connectivity index (χ3v) is 4.85. The molecule has 7 N–H and O–H groups in total. The zero-order valence-electron chi connectivity index (χ0n) is 18.1. The van der Waals surface area contributed by atoms with Gasteiger partial charge in [0.1, 0.15) is 6.04 Å². The number of nitrogens with one attached hydrogen (secondary N) is 1. The van der Waals surface area contributed by atoms with Crippen LogP contribution in [-0.4, -0.2) is 67.0 Å². The number of carbonyl (C=O) groups is 3. The Kier molecular flexibility index (Phi) is 6.88. The molecule has 0 bridgehead atoms. The first-order valence-corrected chi connectivity index (χ1v) is 9.88. The highest BCUT2D eigenvalue weighted by molar-refractivity contribution is 5.97. The minimum atomic E-state index is -4.32. The van der Waals surface area contributed by atoms with Crippen molar-refractivity contribution in [3.8, 4) is 0 Å². The number of benzene rings is 1. The normalized spacial score (nSPS) is 12.2. The molecule has 1 amide bonds. The minimum absolute atomic E-state index is 0.0138. The molecule has 2 aromatic heterocycles. The van der Waals surface area contributed by atoms with Crippen LogP contribution in [0.4, 0.5) is 26.2 Å². The molecule has 0 aliphatic carbocycles. The SMILES string of the molecule is CN(Cc1cnc2nc(N)nc(N)c2n1)c1ccc(C(=O)N[C@@H](CC(F)(F)C(=O)O)C(=O)O)cc1. The van der Waals surface area contributed by atoms with Crippen molar-refractivity contribution >= 4 is 46.5 Å². The van der Waals surface area contributed by atoms with Gasteiger partial charge in [-0.25, -0.2) is 19.6 Å². The summed E-state index contributed by atoms with van der Waals surface area (Å²) in [6.07, 6.45) is -0.107. The van der Waals surface area contributed by atoms with E-state index < -0.39 is 36.2 Å². The van der Waals surface area contributed by atoms with E-state index in [2.05, 4.69) is 19.9 Å². The average Bonchev–Trinajstić information content (AvgIpc) is 2.78. The molecule has 2 heterocycles. The second-order valence-electron chi connectivity index (χ2n) is 7.48. The lowest BCUT2D eigenvalue weighted by atomic mass is 10.1. The van der Waals surface area contributed by atoms with Crippen LogP contribution in [0.2, 0.25) is 0 Å². The highest BCUT2D eigenvalue weighted by Gasteiger charge is 2.43. The molecule has 0 fully saturated rings. The summed E-state index contributed by atoms with van der Waals surface area (Å²) in [7, 11) is 1.73. The van der Waals surface area contributed by atoms with E-state index in [-0.39, 0.29) is 29.5 Å². The van der Waals surface area contributed by atoms with Crippen LogP contribution < -0.4 is 21.7 Å². The van der Waals surface area contributed by atoms with Gasteiger partial charge in [-0.15, -0.1) is 0 Å². The second kappa shape index (κ2) is 9.66. The highest BCUT2D eigenvalue weighted by Crippen LogP contribution is 2.22. The molecule has 1 aromatic carbocycles. The number of hydrogen-bond donors (Lipinski definition) is 5. The molecule has 0 aliphatic heterocycles. The topological polar surface area (TPSA) is 211 Å². The summed E-state index contributed by atoms with van der Waals surface area (Å²) >= 11 is 0. The first-order valence-electron chi connectivity index (χ1n) is 9.88. The number of nitrogen functional groups attached to an aromatic ring is 2. The lowest BCUT2D eigenvalue weighted by Gasteiger charge is -2.20. The third kappa shape index (κ3) is 5.82. The van der Waals surface area contributed by atoms with Crippen molar-refractivity contribution in [2.75, 3.05) is 23.4 Å². The van der Waals surface area contributed by atoms with Crippen LogP contribution in [0.25, 0.3) is 11.2 Å². The van der Waals surface area contributed by atoms with Crippen LogP contribution in [0.1, 0.15) is 22.5 Å². The lowest BCUT2D eigenvalue weighted by molar-refractivity contribution is -0.167. The number of aliphatic carboxylic acids is 2. The second-order valence-corrected chi connectivity index (χ2v) is 7.48. The summed E-state index contributed by atoms with van der Waals surface area (Å²) < 4.78 is 26.8. The first-order chi connectivity index (χ1) is 16.4. The van der Waals surface area contributed by atoms with Crippen LogP contribution in [0.5, 0.6) is 0 Å². The maximum Gasteiger partial charge on any atom is 0.374 e. The van der Waals surface area contributed by atoms with Crippen LogP contribution in [0, 0.1) is 0 Å².